The van der Waals surface area contributed by atoms with Crippen LogP contribution in [0.5, 0.6) is 0 Å². The van der Waals surface area contributed by atoms with Crippen LogP contribution in [0.4, 0.5) is 0 Å². The van der Waals surface area contributed by atoms with E-state index in [0.29, 0.717) is 12.8 Å². The number of rotatable bonds is 1. The third-order valence-electron chi connectivity index (χ3n) is 4.24. The van der Waals surface area contributed by atoms with Crippen molar-refractivity contribution in [3.63, 3.8) is 0 Å². The first-order chi connectivity index (χ1) is 9.75. The van der Waals surface area contributed by atoms with Gasteiger partial charge in [-0.3, -0.25) is 4.79 Å². The molecule has 1 aromatic carbocycles. The van der Waals surface area contributed by atoms with E-state index in [4.69, 9.17) is 11.6 Å². The molecule has 0 spiro atoms. The predicted molar refractivity (Wildman–Crippen MR) is 85.4 cm³/mol. The molecule has 0 amide bonds. The zero-order chi connectivity index (χ0) is 15.8. The van der Waals surface area contributed by atoms with Gasteiger partial charge in [-0.2, -0.15) is 0 Å². The molecular formula is C18H21ClO2. The molecule has 0 aliphatic heterocycles. The van der Waals surface area contributed by atoms with Crippen molar-refractivity contribution in [1.82, 2.24) is 0 Å². The fourth-order valence-electron chi connectivity index (χ4n) is 3.50. The highest BCUT2D eigenvalue weighted by Gasteiger charge is 2.41. The first-order valence-corrected chi connectivity index (χ1v) is 7.56. The predicted octanol–water partition coefficient (Wildman–Crippen LogP) is 3.68. The molecule has 112 valence electrons. The lowest BCUT2D eigenvalue weighted by atomic mass is 9.67. The summed E-state index contributed by atoms with van der Waals surface area (Å²) < 4.78 is 0. The Morgan fingerprint density at radius 2 is 1.86 bits per heavy atom. The van der Waals surface area contributed by atoms with Gasteiger partial charge in [0.25, 0.3) is 0 Å². The second-order valence-corrected chi connectivity index (χ2v) is 6.99. The molecule has 0 bridgehead atoms. The number of benzene rings is 1. The Kier molecular flexibility index (Phi) is 4.46. The largest absolute Gasteiger partial charge is 0.392 e. The van der Waals surface area contributed by atoms with E-state index in [1.54, 1.807) is 0 Å². The number of halogens is 1. The standard InChI is InChI=1S/C18H21ClO2/c1-11-7-13(5-6-19)8-12(2)16(11)17-14(20)9-18(3,4)10-15(17)21/h7-8,14,17,20H,9-10H2,1-4H3. The highest BCUT2D eigenvalue weighted by atomic mass is 35.5. The van der Waals surface area contributed by atoms with Crippen molar-refractivity contribution in [3.05, 3.63) is 34.4 Å². The number of hydrogen-bond acceptors (Lipinski definition) is 2. The molecule has 1 fully saturated rings. The SMILES string of the molecule is Cc1cc(C#CCl)cc(C)c1C1C(=O)CC(C)(C)CC1O. The molecule has 1 aliphatic rings. The first-order valence-electron chi connectivity index (χ1n) is 7.19. The molecule has 0 heterocycles. The number of Topliss-reactive ketones (excluding diaryl/α,β-unsaturated/α-hetero) is 1. The van der Waals surface area contributed by atoms with E-state index in [2.05, 4.69) is 11.3 Å². The van der Waals surface area contributed by atoms with E-state index < -0.39 is 12.0 Å². The third kappa shape index (κ3) is 3.31. The maximum atomic E-state index is 12.5. The number of ketones is 1. The van der Waals surface area contributed by atoms with E-state index >= 15 is 0 Å². The molecule has 1 N–H and O–H groups in total. The number of hydrogen-bond donors (Lipinski definition) is 1. The smallest absolute Gasteiger partial charge is 0.143 e. The van der Waals surface area contributed by atoms with Gasteiger partial charge in [-0.25, -0.2) is 0 Å². The second kappa shape index (κ2) is 5.83. The summed E-state index contributed by atoms with van der Waals surface area (Å²) in [6.07, 6.45) is 0.533. The van der Waals surface area contributed by atoms with Gasteiger partial charge < -0.3 is 5.11 Å². The molecule has 2 rings (SSSR count). The maximum absolute atomic E-state index is 12.5. The van der Waals surface area contributed by atoms with E-state index in [-0.39, 0.29) is 11.2 Å². The van der Waals surface area contributed by atoms with Crippen molar-refractivity contribution in [3.8, 4) is 11.3 Å². The lowest BCUT2D eigenvalue weighted by Crippen LogP contribution is -2.39. The zero-order valence-corrected chi connectivity index (χ0v) is 13.7. The monoisotopic (exact) mass is 304 g/mol. The van der Waals surface area contributed by atoms with Crippen LogP contribution in [0.15, 0.2) is 12.1 Å². The number of carbonyl (C=O) groups is 1. The van der Waals surface area contributed by atoms with Gasteiger partial charge in [-0.05, 0) is 72.0 Å². The molecular weight excluding hydrogens is 284 g/mol. The maximum Gasteiger partial charge on any atom is 0.143 e. The van der Waals surface area contributed by atoms with Crippen LogP contribution in [0.2, 0.25) is 0 Å². The molecule has 2 unspecified atom stereocenters. The third-order valence-corrected chi connectivity index (χ3v) is 4.34. The van der Waals surface area contributed by atoms with Gasteiger partial charge in [0.15, 0.2) is 0 Å². The molecule has 2 nitrogen and oxygen atoms in total. The van der Waals surface area contributed by atoms with Gasteiger partial charge >= 0.3 is 0 Å². The van der Waals surface area contributed by atoms with Crippen LogP contribution in [-0.4, -0.2) is 17.0 Å². The highest BCUT2D eigenvalue weighted by Crippen LogP contribution is 2.42. The Hall–Kier alpha value is -1.30. The topological polar surface area (TPSA) is 37.3 Å². The Bertz CT molecular complexity index is 611. The minimum absolute atomic E-state index is 0.126. The fraction of sp³-hybridized carbons (Fsp3) is 0.500. The summed E-state index contributed by atoms with van der Waals surface area (Å²) >= 11 is 5.45. The molecule has 1 aliphatic carbocycles. The number of aliphatic hydroxyl groups is 1. The van der Waals surface area contributed by atoms with Crippen LogP contribution in [0.25, 0.3) is 0 Å². The number of aliphatic hydroxyl groups excluding tert-OH is 1. The highest BCUT2D eigenvalue weighted by molar-refractivity contribution is 6.30. The lowest BCUT2D eigenvalue weighted by Gasteiger charge is -2.38. The van der Waals surface area contributed by atoms with Crippen molar-refractivity contribution < 1.29 is 9.90 Å². The van der Waals surface area contributed by atoms with Crippen LogP contribution < -0.4 is 0 Å². The summed E-state index contributed by atoms with van der Waals surface area (Å²) in [5.41, 5.74) is 3.63. The zero-order valence-electron chi connectivity index (χ0n) is 13.0. The molecule has 21 heavy (non-hydrogen) atoms. The van der Waals surface area contributed by atoms with Gasteiger partial charge in [0, 0.05) is 17.4 Å². The molecule has 0 aromatic heterocycles. The second-order valence-electron chi connectivity index (χ2n) is 6.80. The van der Waals surface area contributed by atoms with Crippen LogP contribution >= 0.6 is 11.6 Å². The molecule has 1 saturated carbocycles. The molecule has 0 radical (unpaired) electrons. The molecule has 1 aromatic rings. The Balaban J connectivity index is 2.46. The van der Waals surface area contributed by atoms with Crippen molar-refractivity contribution in [2.45, 2.75) is 52.6 Å². The Morgan fingerprint density at radius 3 is 2.33 bits per heavy atom. The van der Waals surface area contributed by atoms with Crippen molar-refractivity contribution in [1.29, 1.82) is 0 Å². The normalized spacial score (nSPS) is 24.4. The van der Waals surface area contributed by atoms with E-state index in [0.717, 1.165) is 22.3 Å². The average molecular weight is 305 g/mol. The summed E-state index contributed by atoms with van der Waals surface area (Å²) in [5, 5.41) is 12.9. The summed E-state index contributed by atoms with van der Waals surface area (Å²) in [6, 6.07) is 3.86. The molecule has 0 saturated heterocycles. The first kappa shape index (κ1) is 16.1. The van der Waals surface area contributed by atoms with E-state index in [1.165, 1.54) is 0 Å². The molecule has 3 heteroatoms. The van der Waals surface area contributed by atoms with Gasteiger partial charge in [-0.15, -0.1) is 0 Å². The van der Waals surface area contributed by atoms with Crippen molar-refractivity contribution in [2.24, 2.45) is 5.41 Å². The summed E-state index contributed by atoms with van der Waals surface area (Å²) in [6.45, 7) is 7.98. The number of carbonyl (C=O) groups excluding carboxylic acids is 1. The summed E-state index contributed by atoms with van der Waals surface area (Å²) in [4.78, 5) is 12.5. The summed E-state index contributed by atoms with van der Waals surface area (Å²) in [5.74, 6) is 2.53. The van der Waals surface area contributed by atoms with Crippen molar-refractivity contribution in [2.75, 3.05) is 0 Å². The minimum atomic E-state index is -0.622. The van der Waals surface area contributed by atoms with Gasteiger partial charge in [-0.1, -0.05) is 13.8 Å². The van der Waals surface area contributed by atoms with Crippen LogP contribution in [0, 0.1) is 30.6 Å². The Morgan fingerprint density at radius 1 is 1.29 bits per heavy atom. The molecule has 2 atom stereocenters. The minimum Gasteiger partial charge on any atom is -0.392 e. The van der Waals surface area contributed by atoms with Crippen LogP contribution in [0.3, 0.4) is 0 Å². The summed E-state index contributed by atoms with van der Waals surface area (Å²) in [7, 11) is 0. The lowest BCUT2D eigenvalue weighted by molar-refractivity contribution is -0.129. The van der Waals surface area contributed by atoms with Gasteiger partial charge in [0.1, 0.15) is 5.78 Å². The fourth-order valence-corrected chi connectivity index (χ4v) is 3.61. The van der Waals surface area contributed by atoms with E-state index in [9.17, 15) is 9.90 Å². The Labute approximate surface area is 131 Å². The van der Waals surface area contributed by atoms with Crippen molar-refractivity contribution >= 4 is 17.4 Å². The average Bonchev–Trinajstić information content (AvgIpc) is 2.30. The van der Waals surface area contributed by atoms with Gasteiger partial charge in [0.2, 0.25) is 0 Å². The van der Waals surface area contributed by atoms with Crippen LogP contribution in [0.1, 0.15) is 54.9 Å². The van der Waals surface area contributed by atoms with Gasteiger partial charge in [0.05, 0.1) is 12.0 Å². The number of aryl methyl sites for hydroxylation is 2. The van der Waals surface area contributed by atoms with E-state index in [1.807, 2.05) is 39.8 Å². The van der Waals surface area contributed by atoms with Crippen LogP contribution in [-0.2, 0) is 4.79 Å². The quantitative estimate of drug-likeness (QED) is 0.804.